The summed E-state index contributed by atoms with van der Waals surface area (Å²) >= 11 is 6.79. The van der Waals surface area contributed by atoms with Crippen molar-refractivity contribution >= 4 is 33.9 Å². The number of aromatic nitrogens is 1. The van der Waals surface area contributed by atoms with Crippen molar-refractivity contribution in [2.45, 2.75) is 57.0 Å². The van der Waals surface area contributed by atoms with Crippen LogP contribution in [0.15, 0.2) is 54.5 Å². The molecule has 0 saturated heterocycles. The second-order valence-corrected chi connectivity index (χ2v) is 11.9. The molecule has 2 aromatic carbocycles. The summed E-state index contributed by atoms with van der Waals surface area (Å²) in [7, 11) is 0. The molecule has 0 spiro atoms. The molecule has 200 valence electrons. The van der Waals surface area contributed by atoms with Crippen LogP contribution in [0.4, 0.5) is 15.8 Å². The van der Waals surface area contributed by atoms with Gasteiger partial charge in [0, 0.05) is 36.1 Å². The molecule has 0 bridgehead atoms. The highest BCUT2D eigenvalue weighted by Crippen LogP contribution is 2.57. The molecule has 1 aromatic heterocycles. The van der Waals surface area contributed by atoms with Gasteiger partial charge in [0.25, 0.3) is 0 Å². The molecule has 4 N–H and O–H groups in total. The van der Waals surface area contributed by atoms with Crippen LogP contribution in [0.2, 0.25) is 5.02 Å². The molecule has 2 heterocycles. The Labute approximate surface area is 232 Å². The first-order chi connectivity index (χ1) is 19.0. The zero-order chi connectivity index (χ0) is 26.6. The lowest BCUT2D eigenvalue weighted by molar-refractivity contribution is 0.118. The minimum absolute atomic E-state index is 0.279. The SMILES string of the molecule is N#Cc1cnc2c(Cl)cc(NC(C3=CN(C4CC4)NN3)c3ccc(F)cc3)cc2c1NCC1(C2CC2)CCC1. The van der Waals surface area contributed by atoms with E-state index in [0.717, 1.165) is 53.3 Å². The summed E-state index contributed by atoms with van der Waals surface area (Å²) in [6.45, 7) is 0.860. The van der Waals surface area contributed by atoms with Gasteiger partial charge in [-0.2, -0.15) is 5.26 Å². The zero-order valence-electron chi connectivity index (χ0n) is 21.6. The molecule has 1 unspecified atom stereocenters. The Balaban J connectivity index is 1.24. The summed E-state index contributed by atoms with van der Waals surface area (Å²) < 4.78 is 13.8. The molecule has 39 heavy (non-hydrogen) atoms. The Morgan fingerprint density at radius 2 is 1.97 bits per heavy atom. The first kappa shape index (κ1) is 24.5. The third kappa shape index (κ3) is 4.64. The van der Waals surface area contributed by atoms with Crippen LogP contribution in [0.25, 0.3) is 10.9 Å². The van der Waals surface area contributed by atoms with E-state index in [1.165, 1.54) is 44.2 Å². The van der Waals surface area contributed by atoms with E-state index in [4.69, 9.17) is 11.6 Å². The Kier molecular flexibility index (Phi) is 6.02. The van der Waals surface area contributed by atoms with Gasteiger partial charge < -0.3 is 16.1 Å². The minimum atomic E-state index is -0.285. The number of nitriles is 1. The van der Waals surface area contributed by atoms with Crippen LogP contribution in [0, 0.1) is 28.5 Å². The second-order valence-electron chi connectivity index (χ2n) is 11.4. The Hall–Kier alpha value is -3.54. The van der Waals surface area contributed by atoms with Crippen molar-refractivity contribution in [3.8, 4) is 6.07 Å². The van der Waals surface area contributed by atoms with Crippen LogP contribution >= 0.6 is 11.6 Å². The van der Waals surface area contributed by atoms with Crippen molar-refractivity contribution in [2.24, 2.45) is 11.3 Å². The molecule has 7 nitrogen and oxygen atoms in total. The lowest BCUT2D eigenvalue weighted by Gasteiger charge is -2.43. The van der Waals surface area contributed by atoms with E-state index in [-0.39, 0.29) is 11.9 Å². The molecular weight excluding hydrogens is 513 g/mol. The van der Waals surface area contributed by atoms with Crippen molar-refractivity contribution in [2.75, 3.05) is 17.2 Å². The number of hydrazine groups is 2. The van der Waals surface area contributed by atoms with E-state index in [9.17, 15) is 9.65 Å². The summed E-state index contributed by atoms with van der Waals surface area (Å²) in [5.74, 6) is 0.518. The minimum Gasteiger partial charge on any atom is -0.383 e. The van der Waals surface area contributed by atoms with E-state index in [0.29, 0.717) is 27.6 Å². The van der Waals surface area contributed by atoms with Crippen LogP contribution in [0.1, 0.15) is 62.1 Å². The second kappa shape index (κ2) is 9.58. The molecule has 9 heteroatoms. The number of nitrogens with zero attached hydrogens (tertiary/aromatic N) is 3. The van der Waals surface area contributed by atoms with Crippen LogP contribution in [0.3, 0.4) is 0 Å². The number of benzene rings is 2. The average Bonchev–Trinajstić information content (AvgIpc) is 3.86. The van der Waals surface area contributed by atoms with Crippen LogP contribution in [-0.4, -0.2) is 22.6 Å². The fourth-order valence-corrected chi connectivity index (χ4v) is 6.41. The molecular formula is C30H31ClFN7. The lowest BCUT2D eigenvalue weighted by atomic mass is 9.65. The van der Waals surface area contributed by atoms with E-state index in [1.54, 1.807) is 18.3 Å². The third-order valence-electron chi connectivity index (χ3n) is 8.83. The van der Waals surface area contributed by atoms with E-state index < -0.39 is 0 Å². The molecule has 1 atom stereocenters. The lowest BCUT2D eigenvalue weighted by Crippen LogP contribution is -2.38. The topological polar surface area (TPSA) is 88.0 Å². The van der Waals surface area contributed by atoms with Gasteiger partial charge in [-0.3, -0.25) is 9.99 Å². The molecule has 0 radical (unpaired) electrons. The van der Waals surface area contributed by atoms with E-state index in [2.05, 4.69) is 43.9 Å². The summed E-state index contributed by atoms with van der Waals surface area (Å²) in [4.78, 5) is 4.54. The standard InChI is InChI=1S/C30H31ClFN7/c31-25-13-22(36-28(18-2-6-21(32)7-3-18)26-16-39(38-37-26)23-8-9-23)12-24-27(19(14-33)15-34-29(24)25)35-17-30(10-1-11-30)20-4-5-20/h2-3,6-7,12-13,15-16,20,23,28,36-38H,1,4-5,8-11,17H2,(H,34,35). The smallest absolute Gasteiger partial charge is 0.123 e. The number of rotatable bonds is 9. The van der Waals surface area contributed by atoms with Gasteiger partial charge in [-0.15, -0.1) is 5.53 Å². The van der Waals surface area contributed by atoms with Crippen LogP contribution in [-0.2, 0) is 0 Å². The summed E-state index contributed by atoms with van der Waals surface area (Å²) in [5, 5.41) is 20.6. The largest absolute Gasteiger partial charge is 0.383 e. The third-order valence-corrected chi connectivity index (χ3v) is 9.12. The van der Waals surface area contributed by atoms with Gasteiger partial charge in [-0.1, -0.05) is 30.2 Å². The number of pyridine rings is 1. The van der Waals surface area contributed by atoms with Crippen molar-refractivity contribution < 1.29 is 4.39 Å². The summed E-state index contributed by atoms with van der Waals surface area (Å²) in [5.41, 5.74) is 11.4. The average molecular weight is 544 g/mol. The van der Waals surface area contributed by atoms with E-state index >= 15 is 0 Å². The maximum Gasteiger partial charge on any atom is 0.123 e. The Bertz CT molecular complexity index is 1490. The van der Waals surface area contributed by atoms with Gasteiger partial charge >= 0.3 is 0 Å². The quantitative estimate of drug-likeness (QED) is 0.249. The highest BCUT2D eigenvalue weighted by atomic mass is 35.5. The van der Waals surface area contributed by atoms with Gasteiger partial charge in [0.1, 0.15) is 11.9 Å². The summed E-state index contributed by atoms with van der Waals surface area (Å²) in [6, 6.07) is 12.9. The van der Waals surface area contributed by atoms with Crippen molar-refractivity contribution in [3.63, 3.8) is 0 Å². The number of hydrogen-bond acceptors (Lipinski definition) is 7. The first-order valence-corrected chi connectivity index (χ1v) is 14.2. The highest BCUT2D eigenvalue weighted by Gasteiger charge is 2.48. The van der Waals surface area contributed by atoms with Crippen molar-refractivity contribution in [1.82, 2.24) is 21.0 Å². The predicted molar refractivity (Wildman–Crippen MR) is 151 cm³/mol. The summed E-state index contributed by atoms with van der Waals surface area (Å²) in [6.07, 6.45) is 12.4. The zero-order valence-corrected chi connectivity index (χ0v) is 22.4. The predicted octanol–water partition coefficient (Wildman–Crippen LogP) is 6.37. The maximum absolute atomic E-state index is 13.8. The number of hydrogen-bond donors (Lipinski definition) is 4. The van der Waals surface area contributed by atoms with E-state index in [1.807, 2.05) is 12.1 Å². The molecule has 0 amide bonds. The Morgan fingerprint density at radius 1 is 1.18 bits per heavy atom. The number of nitrogens with one attached hydrogen (secondary N) is 4. The number of anilines is 2. The maximum atomic E-state index is 13.8. The van der Waals surface area contributed by atoms with Crippen molar-refractivity contribution in [1.29, 1.82) is 5.26 Å². The molecule has 3 fully saturated rings. The first-order valence-electron chi connectivity index (χ1n) is 13.8. The van der Waals surface area contributed by atoms with Gasteiger partial charge in [-0.25, -0.2) is 4.39 Å². The monoisotopic (exact) mass is 543 g/mol. The van der Waals surface area contributed by atoms with Gasteiger partial charge in [0.15, 0.2) is 0 Å². The molecule has 7 rings (SSSR count). The van der Waals surface area contributed by atoms with Gasteiger partial charge in [0.05, 0.1) is 33.5 Å². The van der Waals surface area contributed by atoms with Crippen LogP contribution < -0.4 is 21.6 Å². The Morgan fingerprint density at radius 3 is 2.64 bits per heavy atom. The molecule has 3 aromatic rings. The number of halogens is 2. The fourth-order valence-electron chi connectivity index (χ4n) is 6.14. The highest BCUT2D eigenvalue weighted by molar-refractivity contribution is 6.35. The molecule has 3 aliphatic carbocycles. The molecule has 1 aliphatic heterocycles. The van der Waals surface area contributed by atoms with Crippen molar-refractivity contribution in [3.05, 3.63) is 76.5 Å². The normalized spacial score (nSPS) is 20.5. The molecule has 3 saturated carbocycles. The van der Waals surface area contributed by atoms with Gasteiger partial charge in [-0.05, 0) is 79.7 Å². The molecule has 4 aliphatic rings. The fraction of sp³-hybridized carbons (Fsp3) is 0.400. The number of fused-ring (bicyclic) bond motifs is 1. The van der Waals surface area contributed by atoms with Gasteiger partial charge in [0.2, 0.25) is 0 Å². The van der Waals surface area contributed by atoms with Crippen LogP contribution in [0.5, 0.6) is 0 Å².